The first-order valence-corrected chi connectivity index (χ1v) is 6.26. The van der Waals surface area contributed by atoms with E-state index in [1.165, 1.54) is 5.56 Å². The van der Waals surface area contributed by atoms with Crippen LogP contribution in [-0.4, -0.2) is 17.4 Å². The molecular formula is C15H19N3O. The standard InChI is InChI=1S/C15H19N3O/c1-15(2,12-6-7-17-9-12)10-18-14(19)11-4-3-5-13(16)8-11/h3-9,17H,10,16H2,1-2H3,(H,18,19). The molecule has 1 aromatic heterocycles. The lowest BCUT2D eigenvalue weighted by Gasteiger charge is -2.24. The van der Waals surface area contributed by atoms with Crippen LogP contribution in [0.5, 0.6) is 0 Å². The summed E-state index contributed by atoms with van der Waals surface area (Å²) in [5.41, 5.74) is 7.91. The van der Waals surface area contributed by atoms with E-state index >= 15 is 0 Å². The van der Waals surface area contributed by atoms with Crippen LogP contribution in [0.15, 0.2) is 42.7 Å². The van der Waals surface area contributed by atoms with Gasteiger partial charge in [0.2, 0.25) is 0 Å². The third-order valence-corrected chi connectivity index (χ3v) is 3.22. The summed E-state index contributed by atoms with van der Waals surface area (Å²) < 4.78 is 0. The number of aromatic amines is 1. The van der Waals surface area contributed by atoms with Crippen LogP contribution in [0.25, 0.3) is 0 Å². The van der Waals surface area contributed by atoms with Crippen molar-refractivity contribution in [3.8, 4) is 0 Å². The quantitative estimate of drug-likeness (QED) is 0.735. The molecule has 0 aliphatic heterocycles. The molecule has 100 valence electrons. The van der Waals surface area contributed by atoms with Crippen LogP contribution in [-0.2, 0) is 5.41 Å². The summed E-state index contributed by atoms with van der Waals surface area (Å²) in [7, 11) is 0. The van der Waals surface area contributed by atoms with Gasteiger partial charge in [-0.25, -0.2) is 0 Å². The van der Waals surface area contributed by atoms with Gasteiger partial charge in [-0.2, -0.15) is 0 Å². The molecule has 0 unspecified atom stereocenters. The molecule has 4 heteroatoms. The van der Waals surface area contributed by atoms with Gasteiger partial charge in [-0.05, 0) is 29.8 Å². The zero-order valence-corrected chi connectivity index (χ0v) is 11.2. The number of amides is 1. The van der Waals surface area contributed by atoms with Gasteiger partial charge in [0.25, 0.3) is 5.91 Å². The third kappa shape index (κ3) is 3.16. The summed E-state index contributed by atoms with van der Waals surface area (Å²) in [6, 6.07) is 9.00. The van der Waals surface area contributed by atoms with Gasteiger partial charge >= 0.3 is 0 Å². The Morgan fingerprint density at radius 1 is 1.37 bits per heavy atom. The van der Waals surface area contributed by atoms with E-state index in [4.69, 9.17) is 5.73 Å². The van der Waals surface area contributed by atoms with Crippen molar-refractivity contribution in [2.45, 2.75) is 19.3 Å². The van der Waals surface area contributed by atoms with Gasteiger partial charge in [0.15, 0.2) is 0 Å². The van der Waals surface area contributed by atoms with E-state index in [-0.39, 0.29) is 11.3 Å². The largest absolute Gasteiger partial charge is 0.399 e. The maximum Gasteiger partial charge on any atom is 0.251 e. The summed E-state index contributed by atoms with van der Waals surface area (Å²) in [6.45, 7) is 4.75. The highest BCUT2D eigenvalue weighted by Crippen LogP contribution is 2.21. The van der Waals surface area contributed by atoms with Crippen LogP contribution in [0, 0.1) is 0 Å². The van der Waals surface area contributed by atoms with Crippen LogP contribution in [0.4, 0.5) is 5.69 Å². The van der Waals surface area contributed by atoms with Crippen molar-refractivity contribution in [1.82, 2.24) is 10.3 Å². The number of benzene rings is 1. The van der Waals surface area contributed by atoms with Crippen molar-refractivity contribution in [3.63, 3.8) is 0 Å². The Morgan fingerprint density at radius 3 is 2.79 bits per heavy atom. The number of anilines is 1. The Balaban J connectivity index is 2.01. The Hall–Kier alpha value is -2.23. The van der Waals surface area contributed by atoms with Crippen molar-refractivity contribution in [1.29, 1.82) is 0 Å². The number of aromatic nitrogens is 1. The number of nitrogens with one attached hydrogen (secondary N) is 2. The van der Waals surface area contributed by atoms with Gasteiger partial charge < -0.3 is 16.0 Å². The van der Waals surface area contributed by atoms with Crippen molar-refractivity contribution in [2.75, 3.05) is 12.3 Å². The molecule has 0 aliphatic carbocycles. The van der Waals surface area contributed by atoms with E-state index < -0.39 is 0 Å². The monoisotopic (exact) mass is 257 g/mol. The number of carbonyl (C=O) groups is 1. The Kier molecular flexibility index (Phi) is 3.60. The molecule has 2 aromatic rings. The highest BCUT2D eigenvalue weighted by molar-refractivity contribution is 5.95. The number of nitrogens with two attached hydrogens (primary N) is 1. The Bertz CT molecular complexity index is 559. The molecule has 0 fully saturated rings. The second-order valence-corrected chi connectivity index (χ2v) is 5.29. The first-order chi connectivity index (χ1) is 8.99. The van der Waals surface area contributed by atoms with Crippen molar-refractivity contribution < 1.29 is 4.79 Å². The van der Waals surface area contributed by atoms with Crippen LogP contribution < -0.4 is 11.1 Å². The van der Waals surface area contributed by atoms with E-state index in [0.29, 0.717) is 17.8 Å². The molecule has 4 N–H and O–H groups in total. The lowest BCUT2D eigenvalue weighted by molar-refractivity contribution is 0.0945. The van der Waals surface area contributed by atoms with E-state index in [9.17, 15) is 4.79 Å². The molecule has 1 aromatic carbocycles. The van der Waals surface area contributed by atoms with Crippen molar-refractivity contribution >= 4 is 11.6 Å². The SMILES string of the molecule is CC(C)(CNC(=O)c1cccc(N)c1)c1cc[nH]c1. The molecule has 1 amide bonds. The number of H-pyrrole nitrogens is 1. The maximum absolute atomic E-state index is 12.0. The van der Waals surface area contributed by atoms with Gasteiger partial charge in [-0.3, -0.25) is 4.79 Å². The van der Waals surface area contributed by atoms with Gasteiger partial charge in [-0.15, -0.1) is 0 Å². The fraction of sp³-hybridized carbons (Fsp3) is 0.267. The lowest BCUT2D eigenvalue weighted by Crippen LogP contribution is -2.36. The van der Waals surface area contributed by atoms with Gasteiger partial charge in [0.1, 0.15) is 0 Å². The molecule has 0 saturated carbocycles. The third-order valence-electron chi connectivity index (χ3n) is 3.22. The topological polar surface area (TPSA) is 70.9 Å². The van der Waals surface area contributed by atoms with E-state index in [1.807, 2.05) is 18.5 Å². The second-order valence-electron chi connectivity index (χ2n) is 5.29. The molecule has 2 rings (SSSR count). The summed E-state index contributed by atoms with van der Waals surface area (Å²) >= 11 is 0. The highest BCUT2D eigenvalue weighted by atomic mass is 16.1. The predicted octanol–water partition coefficient (Wildman–Crippen LogP) is 2.30. The van der Waals surface area contributed by atoms with Crippen LogP contribution in [0.1, 0.15) is 29.8 Å². The molecular weight excluding hydrogens is 238 g/mol. The number of hydrogen-bond acceptors (Lipinski definition) is 2. The highest BCUT2D eigenvalue weighted by Gasteiger charge is 2.22. The van der Waals surface area contributed by atoms with E-state index in [2.05, 4.69) is 24.1 Å². The summed E-state index contributed by atoms with van der Waals surface area (Å²) in [6.07, 6.45) is 3.84. The van der Waals surface area contributed by atoms with Gasteiger partial charge in [0.05, 0.1) is 0 Å². The predicted molar refractivity (Wildman–Crippen MR) is 77.0 cm³/mol. The lowest BCUT2D eigenvalue weighted by atomic mass is 9.86. The van der Waals surface area contributed by atoms with Gasteiger partial charge in [-0.1, -0.05) is 19.9 Å². The number of nitrogen functional groups attached to an aromatic ring is 1. The molecule has 1 heterocycles. The van der Waals surface area contributed by atoms with Crippen LogP contribution >= 0.6 is 0 Å². The van der Waals surface area contributed by atoms with Crippen LogP contribution in [0.2, 0.25) is 0 Å². The van der Waals surface area contributed by atoms with Crippen molar-refractivity contribution in [3.05, 3.63) is 53.9 Å². The molecule has 19 heavy (non-hydrogen) atoms. The minimum Gasteiger partial charge on any atom is -0.399 e. The smallest absolute Gasteiger partial charge is 0.251 e. The van der Waals surface area contributed by atoms with Gasteiger partial charge in [0, 0.05) is 35.6 Å². The zero-order chi connectivity index (χ0) is 13.9. The zero-order valence-electron chi connectivity index (χ0n) is 11.2. The normalized spacial score (nSPS) is 11.3. The molecule has 0 bridgehead atoms. The summed E-state index contributed by atoms with van der Waals surface area (Å²) in [5.74, 6) is -0.101. The number of rotatable bonds is 4. The van der Waals surface area contributed by atoms with E-state index in [1.54, 1.807) is 24.3 Å². The minimum atomic E-state index is -0.115. The Morgan fingerprint density at radius 2 is 2.16 bits per heavy atom. The maximum atomic E-state index is 12.0. The molecule has 0 radical (unpaired) electrons. The summed E-state index contributed by atoms with van der Waals surface area (Å²) in [5, 5.41) is 2.95. The summed E-state index contributed by atoms with van der Waals surface area (Å²) in [4.78, 5) is 15.1. The van der Waals surface area contributed by atoms with Crippen LogP contribution in [0.3, 0.4) is 0 Å². The molecule has 0 saturated heterocycles. The fourth-order valence-electron chi connectivity index (χ4n) is 1.93. The molecule has 0 aliphatic rings. The molecule has 0 spiro atoms. The molecule has 4 nitrogen and oxygen atoms in total. The van der Waals surface area contributed by atoms with E-state index in [0.717, 1.165) is 0 Å². The van der Waals surface area contributed by atoms with Crippen molar-refractivity contribution in [2.24, 2.45) is 0 Å². The molecule has 0 atom stereocenters. The first kappa shape index (κ1) is 13.2. The average molecular weight is 257 g/mol. The number of hydrogen-bond donors (Lipinski definition) is 3. The first-order valence-electron chi connectivity index (χ1n) is 6.26. The minimum absolute atomic E-state index is 0.101. The Labute approximate surface area is 113 Å². The second kappa shape index (κ2) is 5.18. The average Bonchev–Trinajstić information content (AvgIpc) is 2.90. The fourth-order valence-corrected chi connectivity index (χ4v) is 1.93. The number of carbonyl (C=O) groups excluding carboxylic acids is 1.